The number of alkyl halides is 1. The van der Waals surface area contributed by atoms with Gasteiger partial charge < -0.3 is 29.2 Å². The van der Waals surface area contributed by atoms with Gasteiger partial charge in [0.2, 0.25) is 0 Å². The first-order chi connectivity index (χ1) is 30.4. The van der Waals surface area contributed by atoms with Crippen LogP contribution in [0.25, 0.3) is 0 Å². The number of phenolic OH excluding ortho intramolecular Hbond substituents is 1. The molecule has 13 heteroatoms. The minimum atomic E-state index is -0.772. The molecule has 0 aliphatic carbocycles. The number of aromatic hydroxyl groups is 1. The minimum absolute atomic E-state index is 0.115. The predicted molar refractivity (Wildman–Crippen MR) is 274 cm³/mol. The van der Waals surface area contributed by atoms with E-state index in [1.54, 1.807) is 26.0 Å². The number of rotatable bonds is 20. The Morgan fingerprint density at radius 3 is 1.20 bits per heavy atom. The molecule has 0 aromatic heterocycles. The number of carbonyl (C=O) groups excluding carboxylic acids is 2. The molecule has 374 valence electrons. The number of phenols is 1. The maximum absolute atomic E-state index is 12.1. The summed E-state index contributed by atoms with van der Waals surface area (Å²) in [6.07, 6.45) is 4.47. The normalized spacial score (nSPS) is 11.4. The largest absolute Gasteiger partial charge is 0.508 e. The second kappa shape index (κ2) is 30.2. The number of aliphatic carboxylic acids is 1. The first kappa shape index (κ1) is 62.6. The lowest BCUT2D eigenvalue weighted by molar-refractivity contribution is -0.156. The van der Waals surface area contributed by atoms with E-state index >= 15 is 0 Å². The number of hydrogen-bond acceptors (Lipinski definition) is 8. The molecule has 0 bridgehead atoms. The van der Waals surface area contributed by atoms with Crippen LogP contribution in [-0.4, -0.2) is 60.4 Å². The number of hydrogen-bond donors (Lipinski definition) is 2. The highest BCUT2D eigenvalue weighted by Crippen LogP contribution is 2.30. The van der Waals surface area contributed by atoms with Crippen molar-refractivity contribution < 1.29 is 43.5 Å². The summed E-state index contributed by atoms with van der Waals surface area (Å²) in [5.41, 5.74) is 4.14. The summed E-state index contributed by atoms with van der Waals surface area (Å²) < 4.78 is 22.1. The van der Waals surface area contributed by atoms with Gasteiger partial charge in [-0.25, -0.2) is 0 Å². The van der Waals surface area contributed by atoms with Crippen LogP contribution in [0.4, 0.5) is 0 Å². The third-order valence-corrected chi connectivity index (χ3v) is 12.0. The summed E-state index contributed by atoms with van der Waals surface area (Å²) >= 11 is 23.5. The SMILES string of the molecule is CC(C)COC(=O)C(C)(C)CCCCl.Cc1cc(Cl)c(C)cc1O.Cc1cc(OCCCC(C)(C)C(=O)O)c(C)cc1Cl.Cc1cc(OCCCC(C)(C)C(=O)OCC(C)C)c(C)cc1Cl. The minimum Gasteiger partial charge on any atom is -0.508 e. The van der Waals surface area contributed by atoms with E-state index in [4.69, 9.17) is 75.6 Å². The molecule has 0 amide bonds. The predicted octanol–water partition coefficient (Wildman–Crippen LogP) is 15.5. The summed E-state index contributed by atoms with van der Waals surface area (Å²) in [5, 5.41) is 20.4. The highest BCUT2D eigenvalue weighted by atomic mass is 35.5. The number of halogens is 4. The summed E-state index contributed by atoms with van der Waals surface area (Å²) in [4.78, 5) is 34.7. The van der Waals surface area contributed by atoms with Crippen LogP contribution >= 0.6 is 46.4 Å². The van der Waals surface area contributed by atoms with Crippen LogP contribution in [-0.2, 0) is 23.9 Å². The van der Waals surface area contributed by atoms with E-state index in [1.165, 1.54) is 0 Å². The first-order valence-electron chi connectivity index (χ1n) is 22.8. The van der Waals surface area contributed by atoms with Gasteiger partial charge in [0.05, 0.1) is 42.7 Å². The maximum atomic E-state index is 12.1. The number of esters is 2. The van der Waals surface area contributed by atoms with Crippen LogP contribution in [0.5, 0.6) is 17.2 Å². The molecule has 9 nitrogen and oxygen atoms in total. The van der Waals surface area contributed by atoms with Crippen molar-refractivity contribution in [2.45, 2.75) is 149 Å². The Kier molecular flexibility index (Phi) is 28.6. The highest BCUT2D eigenvalue weighted by molar-refractivity contribution is 6.32. The van der Waals surface area contributed by atoms with Crippen molar-refractivity contribution >= 4 is 64.3 Å². The Bertz CT molecular complexity index is 1920. The van der Waals surface area contributed by atoms with Gasteiger partial charge in [-0.05, 0) is 203 Å². The molecular formula is C53H80Cl4O9. The number of carbonyl (C=O) groups is 3. The van der Waals surface area contributed by atoms with Gasteiger partial charge in [-0.1, -0.05) is 62.5 Å². The molecule has 3 aromatic carbocycles. The summed E-state index contributed by atoms with van der Waals surface area (Å²) in [5.74, 6) is 2.30. The monoisotopic (exact) mass is 1000 g/mol. The molecule has 0 aliphatic rings. The first-order valence-corrected chi connectivity index (χ1v) is 24.4. The van der Waals surface area contributed by atoms with Gasteiger partial charge in [-0.2, -0.15) is 0 Å². The third kappa shape index (κ3) is 24.6. The van der Waals surface area contributed by atoms with Gasteiger partial charge in [0.1, 0.15) is 17.2 Å². The van der Waals surface area contributed by atoms with Gasteiger partial charge in [0.25, 0.3) is 0 Å². The van der Waals surface area contributed by atoms with Crippen LogP contribution in [0.2, 0.25) is 15.1 Å². The zero-order valence-electron chi connectivity index (χ0n) is 42.7. The summed E-state index contributed by atoms with van der Waals surface area (Å²) in [6, 6.07) is 11.1. The van der Waals surface area contributed by atoms with E-state index in [9.17, 15) is 14.4 Å². The zero-order chi connectivity index (χ0) is 51.2. The molecule has 0 heterocycles. The van der Waals surface area contributed by atoms with E-state index in [-0.39, 0.29) is 11.9 Å². The van der Waals surface area contributed by atoms with E-state index in [2.05, 4.69) is 0 Å². The number of carboxylic acid groups (broad SMARTS) is 1. The maximum Gasteiger partial charge on any atom is 0.311 e. The molecule has 0 spiro atoms. The molecule has 0 atom stereocenters. The van der Waals surface area contributed by atoms with Crippen molar-refractivity contribution in [1.82, 2.24) is 0 Å². The van der Waals surface area contributed by atoms with Crippen molar-refractivity contribution in [3.8, 4) is 17.2 Å². The van der Waals surface area contributed by atoms with Gasteiger partial charge in [0.15, 0.2) is 0 Å². The van der Waals surface area contributed by atoms with Crippen LogP contribution in [0, 0.1) is 69.6 Å². The van der Waals surface area contributed by atoms with Gasteiger partial charge >= 0.3 is 17.9 Å². The van der Waals surface area contributed by atoms with Crippen LogP contribution in [0.3, 0.4) is 0 Å². The molecule has 0 aliphatic heterocycles. The Morgan fingerprint density at radius 2 is 0.864 bits per heavy atom. The molecule has 0 saturated carbocycles. The molecule has 0 unspecified atom stereocenters. The average Bonchev–Trinajstić information content (AvgIpc) is 3.21. The molecule has 3 aromatic rings. The Labute approximate surface area is 417 Å². The fourth-order valence-electron chi connectivity index (χ4n) is 5.67. The number of carboxylic acids is 1. The quantitative estimate of drug-likeness (QED) is 0.0646. The summed E-state index contributed by atoms with van der Waals surface area (Å²) in [7, 11) is 0. The Balaban J connectivity index is 0.000000889. The third-order valence-electron chi connectivity index (χ3n) is 10.5. The topological polar surface area (TPSA) is 129 Å². The zero-order valence-corrected chi connectivity index (χ0v) is 45.7. The highest BCUT2D eigenvalue weighted by Gasteiger charge is 2.30. The fourth-order valence-corrected chi connectivity index (χ4v) is 6.46. The molecular weight excluding hydrogens is 922 g/mol. The second-order valence-corrected chi connectivity index (χ2v) is 21.4. The van der Waals surface area contributed by atoms with Crippen molar-refractivity contribution in [2.24, 2.45) is 28.1 Å². The lowest BCUT2D eigenvalue weighted by Crippen LogP contribution is -2.28. The molecule has 0 fully saturated rings. The van der Waals surface area contributed by atoms with E-state index in [0.29, 0.717) is 67.8 Å². The average molecular weight is 1000 g/mol. The van der Waals surface area contributed by atoms with Gasteiger partial charge in [-0.3, -0.25) is 14.4 Å². The smallest absolute Gasteiger partial charge is 0.311 e. The van der Waals surface area contributed by atoms with E-state index < -0.39 is 22.2 Å². The van der Waals surface area contributed by atoms with Crippen LogP contribution in [0.15, 0.2) is 36.4 Å². The lowest BCUT2D eigenvalue weighted by Gasteiger charge is -2.23. The van der Waals surface area contributed by atoms with Crippen LogP contribution in [0.1, 0.15) is 141 Å². The Morgan fingerprint density at radius 1 is 0.530 bits per heavy atom. The Hall–Kier alpha value is -3.37. The van der Waals surface area contributed by atoms with E-state index in [1.807, 2.05) is 121 Å². The van der Waals surface area contributed by atoms with Crippen molar-refractivity contribution in [3.05, 3.63) is 84.8 Å². The van der Waals surface area contributed by atoms with Crippen LogP contribution < -0.4 is 9.47 Å². The second-order valence-electron chi connectivity index (χ2n) is 19.8. The van der Waals surface area contributed by atoms with Gasteiger partial charge in [-0.15, -0.1) is 11.6 Å². The lowest BCUT2D eigenvalue weighted by atomic mass is 9.88. The van der Waals surface area contributed by atoms with Crippen molar-refractivity contribution in [1.29, 1.82) is 0 Å². The standard InChI is InChI=1S/C19H29ClO3.C15H21ClO3.C11H21ClO2.C8H9ClO/c1-13(2)12-23-18(21)19(5,6)8-7-9-22-17-11-14(3)16(20)10-15(17)4;1-10-9-13(11(2)8-12(10)16)19-7-5-6-15(3,4)14(17)18;1-9(2)8-14-10(13)11(3,4)6-5-7-12;1-5-4-8(10)6(2)3-7(5)9/h10-11,13H,7-9,12H2,1-6H3;8-9H,5-7H2,1-4H3,(H,17,18);9H,5-8H2,1-4H3;3-4,10H,1-2H3. The van der Waals surface area contributed by atoms with Gasteiger partial charge in [0, 0.05) is 20.9 Å². The molecule has 3 rings (SSSR count). The number of ether oxygens (including phenoxy) is 4. The van der Waals surface area contributed by atoms with Crippen molar-refractivity contribution in [2.75, 3.05) is 32.3 Å². The summed E-state index contributed by atoms with van der Waals surface area (Å²) in [6.45, 7) is 32.8. The molecule has 0 saturated heterocycles. The molecule has 2 N–H and O–H groups in total. The van der Waals surface area contributed by atoms with Crippen molar-refractivity contribution in [3.63, 3.8) is 0 Å². The fraction of sp³-hybridized carbons (Fsp3) is 0.604. The molecule has 0 radical (unpaired) electrons. The number of benzene rings is 3. The molecule has 66 heavy (non-hydrogen) atoms. The van der Waals surface area contributed by atoms with E-state index in [0.717, 1.165) is 80.6 Å². The number of aryl methyl sites for hydroxylation is 6.